The third-order valence-corrected chi connectivity index (χ3v) is 0. The van der Waals surface area contributed by atoms with Crippen LogP contribution in [0.1, 0.15) is 0 Å². The van der Waals surface area contributed by atoms with E-state index in [1.54, 1.807) is 0 Å². The second kappa shape index (κ2) is 2.22. The first-order valence-corrected chi connectivity index (χ1v) is 17.2. The fourth-order valence-corrected chi connectivity index (χ4v) is 0. The molecule has 0 radical (unpaired) electrons. The van der Waals surface area contributed by atoms with E-state index < -0.39 is 9.86 Å². The van der Waals surface area contributed by atoms with Gasteiger partial charge >= 0.3 is 50.2 Å². The SMILES string of the molecule is [S]=[W](=[S])([SH])[SH]. The topological polar surface area (TPSA) is 0 Å². The Morgan fingerprint density at radius 3 is 1.20 bits per heavy atom. The summed E-state index contributed by atoms with van der Waals surface area (Å²) < 4.78 is 0. The van der Waals surface area contributed by atoms with Crippen LogP contribution in [0.5, 0.6) is 0 Å². The van der Waals surface area contributed by atoms with E-state index in [9.17, 15) is 0 Å². The molecular weight excluding hydrogens is 312 g/mol. The van der Waals surface area contributed by atoms with Crippen LogP contribution in [0.4, 0.5) is 0 Å². The first kappa shape index (κ1) is 6.83. The van der Waals surface area contributed by atoms with Gasteiger partial charge in [0, 0.05) is 0 Å². The van der Waals surface area contributed by atoms with Gasteiger partial charge in [-0.3, -0.25) is 0 Å². The summed E-state index contributed by atoms with van der Waals surface area (Å²) in [4.78, 5) is 0. The summed E-state index contributed by atoms with van der Waals surface area (Å²) in [6.45, 7) is 0. The standard InChI is InChI=1S/2H2S.2S.W/h2*1H2;;;/q;;;;+2/p-2. The molecule has 32 valence electrons. The number of hydrogen-bond donors (Lipinski definition) is 2. The van der Waals surface area contributed by atoms with E-state index in [-0.39, 0.29) is 0 Å². The van der Waals surface area contributed by atoms with E-state index in [0.717, 1.165) is 0 Å². The normalized spacial score (nSPS) is 11.6. The van der Waals surface area contributed by atoms with Crippen LogP contribution in [0.15, 0.2) is 0 Å². The zero-order valence-corrected chi connectivity index (χ0v) is 8.47. The van der Waals surface area contributed by atoms with Crippen LogP contribution >= 0.6 is 40.3 Å². The molecule has 0 nitrogen and oxygen atoms in total. The molecular formula is H2S4W. The van der Waals surface area contributed by atoms with Gasteiger partial charge in [0.15, 0.2) is 0 Å². The van der Waals surface area contributed by atoms with E-state index in [4.69, 9.17) is 0 Å². The number of rotatable bonds is 0. The van der Waals surface area contributed by atoms with E-state index in [1.165, 1.54) is 0 Å². The van der Waals surface area contributed by atoms with Crippen LogP contribution in [0, 0.1) is 0 Å². The van der Waals surface area contributed by atoms with Crippen LogP contribution in [-0.2, 0) is 9.86 Å². The van der Waals surface area contributed by atoms with E-state index in [0.29, 0.717) is 0 Å². The van der Waals surface area contributed by atoms with Gasteiger partial charge in [-0.15, -0.1) is 0 Å². The van der Waals surface area contributed by atoms with Gasteiger partial charge in [0.05, 0.1) is 0 Å². The molecule has 0 N–H and O–H groups in total. The quantitative estimate of drug-likeness (QED) is 0.657. The molecule has 0 aromatic rings. The van der Waals surface area contributed by atoms with Gasteiger partial charge < -0.3 is 0 Å². The van der Waals surface area contributed by atoms with Crippen molar-refractivity contribution in [3.8, 4) is 0 Å². The molecule has 0 aliphatic carbocycles. The molecule has 5 heteroatoms. The summed E-state index contributed by atoms with van der Waals surface area (Å²) in [7, 11) is 14.2. The Kier molecular flexibility index (Phi) is 3.03. The molecule has 0 rings (SSSR count). The van der Waals surface area contributed by atoms with Crippen molar-refractivity contribution in [1.82, 2.24) is 0 Å². The van der Waals surface area contributed by atoms with E-state index in [2.05, 4.69) is 40.3 Å². The van der Waals surface area contributed by atoms with Crippen LogP contribution in [-0.4, -0.2) is 0 Å². The maximum absolute atomic E-state index is 4.58. The minimum absolute atomic E-state index is 2.61. The summed E-state index contributed by atoms with van der Waals surface area (Å²) in [6.07, 6.45) is 0. The van der Waals surface area contributed by atoms with Crippen molar-refractivity contribution in [2.24, 2.45) is 0 Å². The molecule has 0 bridgehead atoms. The monoisotopic (exact) mass is 314 g/mol. The molecule has 0 unspecified atom stereocenters. The van der Waals surface area contributed by atoms with Crippen LogP contribution < -0.4 is 0 Å². The van der Waals surface area contributed by atoms with Gasteiger partial charge in [-0.1, -0.05) is 0 Å². The van der Waals surface area contributed by atoms with Crippen molar-refractivity contribution >= 4 is 40.3 Å². The molecule has 0 aromatic carbocycles. The second-order valence-corrected chi connectivity index (χ2v) is 33.0. The average Bonchev–Trinajstić information content (AvgIpc) is 0.722. The molecule has 0 saturated carbocycles. The third kappa shape index (κ3) is 25.6. The van der Waals surface area contributed by atoms with Crippen LogP contribution in [0.3, 0.4) is 0 Å². The zero-order valence-electron chi connectivity index (χ0n) is 2.12. The molecule has 0 fully saturated rings. The first-order chi connectivity index (χ1) is 2.00. The molecule has 0 aliphatic rings. The average molecular weight is 314 g/mol. The Balaban J connectivity index is 4.06. The number of hydrogen-bond acceptors (Lipinski definition) is 2. The summed E-state index contributed by atoms with van der Waals surface area (Å²) in [5.41, 5.74) is 0. The van der Waals surface area contributed by atoms with Crippen LogP contribution in [0.2, 0.25) is 0 Å². The zero-order chi connectivity index (χ0) is 4.50. The molecule has 0 amide bonds. The molecule has 0 spiro atoms. The van der Waals surface area contributed by atoms with E-state index in [1.807, 2.05) is 0 Å². The van der Waals surface area contributed by atoms with Gasteiger partial charge in [0.1, 0.15) is 0 Å². The molecule has 5 heavy (non-hydrogen) atoms. The maximum atomic E-state index is 4.58. The van der Waals surface area contributed by atoms with Gasteiger partial charge in [-0.05, 0) is 0 Å². The molecule has 0 saturated heterocycles. The van der Waals surface area contributed by atoms with Crippen molar-refractivity contribution < 1.29 is 9.86 Å². The van der Waals surface area contributed by atoms with Crippen molar-refractivity contribution in [1.29, 1.82) is 0 Å². The second-order valence-electron chi connectivity index (χ2n) is 0.448. The summed E-state index contributed by atoms with van der Waals surface area (Å²) in [6, 6.07) is 0. The molecule has 0 aliphatic heterocycles. The summed E-state index contributed by atoms with van der Waals surface area (Å²) in [5, 5.41) is 0. The number of thiol groups is 2. The van der Waals surface area contributed by atoms with Crippen molar-refractivity contribution in [2.45, 2.75) is 0 Å². The Bertz CT molecular complexity index is 86.8. The Labute approximate surface area is 49.7 Å². The van der Waals surface area contributed by atoms with Crippen molar-refractivity contribution in [3.05, 3.63) is 0 Å². The summed E-state index contributed by atoms with van der Waals surface area (Å²) >= 11 is 0. The fourth-order valence-electron chi connectivity index (χ4n) is 0. The van der Waals surface area contributed by atoms with Gasteiger partial charge in [-0.25, -0.2) is 0 Å². The minimum atomic E-state index is -2.61. The van der Waals surface area contributed by atoms with Crippen molar-refractivity contribution in [2.75, 3.05) is 0 Å². The fraction of sp³-hybridized carbons (Fsp3) is 0. The summed E-state index contributed by atoms with van der Waals surface area (Å²) in [5.74, 6) is 0. The van der Waals surface area contributed by atoms with Gasteiger partial charge in [0.2, 0.25) is 0 Å². The Hall–Kier alpha value is 1.83. The van der Waals surface area contributed by atoms with Crippen LogP contribution in [0.25, 0.3) is 0 Å². The van der Waals surface area contributed by atoms with Crippen molar-refractivity contribution in [3.63, 3.8) is 0 Å². The predicted octanol–water partition coefficient (Wildman–Crippen LogP) is 2.05. The van der Waals surface area contributed by atoms with E-state index >= 15 is 0 Å². The van der Waals surface area contributed by atoms with Gasteiger partial charge in [-0.2, -0.15) is 0 Å². The third-order valence-electron chi connectivity index (χ3n) is 0. The molecule has 0 aromatic heterocycles. The molecule has 0 atom stereocenters. The molecule has 0 heterocycles. The Morgan fingerprint density at radius 2 is 1.20 bits per heavy atom. The first-order valence-electron chi connectivity index (χ1n) is 0.698. The Morgan fingerprint density at radius 1 is 1.20 bits per heavy atom. The van der Waals surface area contributed by atoms with Gasteiger partial charge in [0.25, 0.3) is 0 Å². The predicted molar refractivity (Wildman–Crippen MR) is 33.2 cm³/mol.